The van der Waals surface area contributed by atoms with E-state index in [1.54, 1.807) is 0 Å². The third kappa shape index (κ3) is 4.99. The summed E-state index contributed by atoms with van der Waals surface area (Å²) in [6.45, 7) is 7.16. The molecular formula is C18H29N. The van der Waals surface area contributed by atoms with Gasteiger partial charge in [0.15, 0.2) is 0 Å². The van der Waals surface area contributed by atoms with Crippen molar-refractivity contribution < 1.29 is 0 Å². The van der Waals surface area contributed by atoms with Crippen molar-refractivity contribution in [1.29, 1.82) is 0 Å². The fourth-order valence-corrected chi connectivity index (χ4v) is 3.35. The normalized spacial score (nSPS) is 24.1. The Morgan fingerprint density at radius 2 is 2.00 bits per heavy atom. The van der Waals surface area contributed by atoms with Crippen LogP contribution in [0.3, 0.4) is 0 Å². The average molecular weight is 259 g/mol. The molecule has 1 nitrogen and oxygen atoms in total. The average Bonchev–Trinajstić information content (AvgIpc) is 2.36. The highest BCUT2D eigenvalue weighted by Gasteiger charge is 2.28. The smallest absolute Gasteiger partial charge is 0.00746 e. The number of nitrogens with one attached hydrogen (secondary N) is 1. The van der Waals surface area contributed by atoms with Gasteiger partial charge in [0.2, 0.25) is 0 Å². The maximum Gasteiger partial charge on any atom is 0.00746 e. The van der Waals surface area contributed by atoms with Crippen LogP contribution in [0.4, 0.5) is 0 Å². The van der Waals surface area contributed by atoms with Gasteiger partial charge >= 0.3 is 0 Å². The summed E-state index contributed by atoms with van der Waals surface area (Å²) in [7, 11) is 0. The molecule has 1 fully saturated rings. The van der Waals surface area contributed by atoms with Crippen LogP contribution < -0.4 is 5.32 Å². The molecule has 1 heteroatoms. The highest BCUT2D eigenvalue weighted by atomic mass is 14.9. The molecule has 0 aliphatic heterocycles. The number of hydrogen-bond donors (Lipinski definition) is 1. The monoisotopic (exact) mass is 259 g/mol. The molecule has 0 aromatic heterocycles. The first-order valence-electron chi connectivity index (χ1n) is 7.85. The minimum absolute atomic E-state index is 0.537. The van der Waals surface area contributed by atoms with Gasteiger partial charge in [0, 0.05) is 12.1 Å². The van der Waals surface area contributed by atoms with Gasteiger partial charge in [0.05, 0.1) is 0 Å². The van der Waals surface area contributed by atoms with Crippen molar-refractivity contribution in [2.24, 2.45) is 5.41 Å². The van der Waals surface area contributed by atoms with Gasteiger partial charge in [0.25, 0.3) is 0 Å². The molecule has 1 aliphatic carbocycles. The maximum absolute atomic E-state index is 3.84. The van der Waals surface area contributed by atoms with Crippen LogP contribution in [-0.2, 0) is 6.42 Å². The number of hydrogen-bond acceptors (Lipinski definition) is 1. The van der Waals surface area contributed by atoms with Gasteiger partial charge in [-0.1, -0.05) is 50.6 Å². The second kappa shape index (κ2) is 6.56. The van der Waals surface area contributed by atoms with E-state index in [2.05, 4.69) is 56.4 Å². The summed E-state index contributed by atoms with van der Waals surface area (Å²) in [5.74, 6) is 0. The van der Waals surface area contributed by atoms with E-state index in [1.807, 2.05) is 0 Å². The van der Waals surface area contributed by atoms with Crippen molar-refractivity contribution in [2.45, 2.75) is 71.4 Å². The molecule has 0 heterocycles. The molecule has 1 aromatic rings. The van der Waals surface area contributed by atoms with Crippen LogP contribution >= 0.6 is 0 Å². The molecule has 0 bridgehead atoms. The fourth-order valence-electron chi connectivity index (χ4n) is 3.35. The molecule has 2 atom stereocenters. The Morgan fingerprint density at radius 3 is 2.68 bits per heavy atom. The third-order valence-corrected chi connectivity index (χ3v) is 4.43. The SMILES string of the molecule is CC(CCc1ccccc1)NC1CCCC(C)(C)C1. The van der Waals surface area contributed by atoms with Crippen molar-refractivity contribution in [3.8, 4) is 0 Å². The highest BCUT2D eigenvalue weighted by Crippen LogP contribution is 2.35. The van der Waals surface area contributed by atoms with E-state index in [1.165, 1.54) is 44.1 Å². The van der Waals surface area contributed by atoms with E-state index < -0.39 is 0 Å². The van der Waals surface area contributed by atoms with Crippen LogP contribution in [0.2, 0.25) is 0 Å². The Kier molecular flexibility index (Phi) is 5.04. The molecule has 1 N–H and O–H groups in total. The lowest BCUT2D eigenvalue weighted by Crippen LogP contribution is -2.42. The first kappa shape index (κ1) is 14.6. The van der Waals surface area contributed by atoms with E-state index in [4.69, 9.17) is 0 Å². The molecule has 19 heavy (non-hydrogen) atoms. The van der Waals surface area contributed by atoms with Crippen molar-refractivity contribution in [1.82, 2.24) is 5.32 Å². The lowest BCUT2D eigenvalue weighted by molar-refractivity contribution is 0.189. The Labute approximate surface area is 118 Å². The predicted molar refractivity (Wildman–Crippen MR) is 83.4 cm³/mol. The van der Waals surface area contributed by atoms with E-state index in [-0.39, 0.29) is 0 Å². The van der Waals surface area contributed by atoms with Gasteiger partial charge in [-0.2, -0.15) is 0 Å². The Morgan fingerprint density at radius 1 is 1.26 bits per heavy atom. The predicted octanol–water partition coefficient (Wildman–Crippen LogP) is 4.57. The first-order chi connectivity index (χ1) is 9.05. The van der Waals surface area contributed by atoms with Gasteiger partial charge in [-0.15, -0.1) is 0 Å². The second-order valence-corrected chi connectivity index (χ2v) is 7.05. The largest absolute Gasteiger partial charge is 0.311 e. The highest BCUT2D eigenvalue weighted by molar-refractivity contribution is 5.14. The van der Waals surface area contributed by atoms with Crippen molar-refractivity contribution in [2.75, 3.05) is 0 Å². The maximum atomic E-state index is 3.84. The molecule has 1 saturated carbocycles. The Balaban J connectivity index is 1.73. The standard InChI is InChI=1S/C18H29N/c1-15(11-12-16-8-5-4-6-9-16)19-17-10-7-13-18(2,3)14-17/h4-6,8-9,15,17,19H,7,10-14H2,1-3H3. The number of aryl methyl sites for hydroxylation is 1. The molecule has 2 rings (SSSR count). The van der Waals surface area contributed by atoms with Gasteiger partial charge in [0.1, 0.15) is 0 Å². The lowest BCUT2D eigenvalue weighted by atomic mass is 9.75. The minimum atomic E-state index is 0.537. The summed E-state index contributed by atoms with van der Waals surface area (Å²) in [5.41, 5.74) is 2.00. The summed E-state index contributed by atoms with van der Waals surface area (Å²) >= 11 is 0. The summed E-state index contributed by atoms with van der Waals surface area (Å²) in [4.78, 5) is 0. The quantitative estimate of drug-likeness (QED) is 0.817. The molecule has 106 valence electrons. The Hall–Kier alpha value is -0.820. The zero-order chi connectivity index (χ0) is 13.7. The van der Waals surface area contributed by atoms with E-state index in [0.29, 0.717) is 11.5 Å². The van der Waals surface area contributed by atoms with Crippen LogP contribution in [0.25, 0.3) is 0 Å². The number of benzene rings is 1. The molecule has 0 radical (unpaired) electrons. The van der Waals surface area contributed by atoms with Crippen LogP contribution in [0.15, 0.2) is 30.3 Å². The van der Waals surface area contributed by atoms with Crippen LogP contribution in [0, 0.1) is 5.41 Å². The van der Waals surface area contributed by atoms with Crippen LogP contribution in [0.1, 0.15) is 58.4 Å². The van der Waals surface area contributed by atoms with Gasteiger partial charge in [-0.05, 0) is 50.0 Å². The summed E-state index contributed by atoms with van der Waals surface area (Å²) in [6, 6.07) is 12.2. The van der Waals surface area contributed by atoms with Crippen LogP contribution in [0.5, 0.6) is 0 Å². The molecule has 0 spiro atoms. The molecule has 0 amide bonds. The van der Waals surface area contributed by atoms with Crippen LogP contribution in [-0.4, -0.2) is 12.1 Å². The molecular weight excluding hydrogens is 230 g/mol. The second-order valence-electron chi connectivity index (χ2n) is 7.05. The summed E-state index contributed by atoms with van der Waals surface area (Å²) in [5, 5.41) is 3.84. The third-order valence-electron chi connectivity index (χ3n) is 4.43. The molecule has 1 aliphatic rings. The summed E-state index contributed by atoms with van der Waals surface area (Å²) < 4.78 is 0. The van der Waals surface area contributed by atoms with Gasteiger partial charge < -0.3 is 5.32 Å². The minimum Gasteiger partial charge on any atom is -0.311 e. The summed E-state index contributed by atoms with van der Waals surface area (Å²) in [6.07, 6.45) is 7.90. The van der Waals surface area contributed by atoms with E-state index >= 15 is 0 Å². The van der Waals surface area contributed by atoms with Crippen molar-refractivity contribution in [3.05, 3.63) is 35.9 Å². The topological polar surface area (TPSA) is 12.0 Å². The van der Waals surface area contributed by atoms with Crippen molar-refractivity contribution in [3.63, 3.8) is 0 Å². The Bertz CT molecular complexity index is 369. The van der Waals surface area contributed by atoms with Gasteiger partial charge in [-0.3, -0.25) is 0 Å². The molecule has 2 unspecified atom stereocenters. The molecule has 0 saturated heterocycles. The zero-order valence-corrected chi connectivity index (χ0v) is 12.8. The lowest BCUT2D eigenvalue weighted by Gasteiger charge is -2.37. The zero-order valence-electron chi connectivity index (χ0n) is 12.8. The first-order valence-corrected chi connectivity index (χ1v) is 7.85. The molecule has 1 aromatic carbocycles. The van der Waals surface area contributed by atoms with E-state index in [9.17, 15) is 0 Å². The number of rotatable bonds is 5. The van der Waals surface area contributed by atoms with Crippen molar-refractivity contribution >= 4 is 0 Å². The fraction of sp³-hybridized carbons (Fsp3) is 0.667. The van der Waals surface area contributed by atoms with E-state index in [0.717, 1.165) is 6.04 Å². The van der Waals surface area contributed by atoms with Gasteiger partial charge in [-0.25, -0.2) is 0 Å².